The Hall–Kier alpha value is -1.10. The maximum absolute atomic E-state index is 13.2. The summed E-state index contributed by atoms with van der Waals surface area (Å²) >= 11 is 5.57. The van der Waals surface area contributed by atoms with Crippen molar-refractivity contribution in [3.05, 3.63) is 40.7 Å². The predicted octanol–water partition coefficient (Wildman–Crippen LogP) is 3.08. The highest BCUT2D eigenvalue weighted by molar-refractivity contribution is 6.25. The van der Waals surface area contributed by atoms with Crippen LogP contribution in [-0.2, 0) is 11.3 Å². The number of rotatable bonds is 8. The van der Waals surface area contributed by atoms with Gasteiger partial charge in [-0.3, -0.25) is 0 Å². The number of ether oxygens (including phenoxy) is 2. The molecule has 0 aromatic heterocycles. The summed E-state index contributed by atoms with van der Waals surface area (Å²) in [7, 11) is 1.64. The van der Waals surface area contributed by atoms with Crippen LogP contribution < -0.4 is 10.1 Å². The monoisotopic (exact) mass is 287 g/mol. The molecule has 1 aromatic rings. The first-order valence-electron chi connectivity index (χ1n) is 6.04. The molecule has 0 aliphatic rings. The van der Waals surface area contributed by atoms with E-state index < -0.39 is 0 Å². The molecule has 0 fully saturated rings. The van der Waals surface area contributed by atoms with E-state index in [0.29, 0.717) is 32.1 Å². The van der Waals surface area contributed by atoms with E-state index in [2.05, 4.69) is 5.32 Å². The SMILES string of the molecule is COCCNCc1cc(F)ccc1OC/C(C)=C/Cl. The molecule has 0 amide bonds. The number of halogens is 2. The summed E-state index contributed by atoms with van der Waals surface area (Å²) in [6.07, 6.45) is 0. The Morgan fingerprint density at radius 2 is 2.26 bits per heavy atom. The van der Waals surface area contributed by atoms with E-state index in [1.54, 1.807) is 13.2 Å². The van der Waals surface area contributed by atoms with E-state index in [9.17, 15) is 4.39 Å². The van der Waals surface area contributed by atoms with Crippen molar-refractivity contribution < 1.29 is 13.9 Å². The van der Waals surface area contributed by atoms with E-state index in [4.69, 9.17) is 21.1 Å². The summed E-state index contributed by atoms with van der Waals surface area (Å²) in [4.78, 5) is 0. The van der Waals surface area contributed by atoms with E-state index in [1.807, 2.05) is 6.92 Å². The molecule has 0 aliphatic carbocycles. The number of hydrogen-bond acceptors (Lipinski definition) is 3. The maximum atomic E-state index is 13.2. The average molecular weight is 288 g/mol. The van der Waals surface area contributed by atoms with Gasteiger partial charge in [0, 0.05) is 31.3 Å². The van der Waals surface area contributed by atoms with Crippen LogP contribution in [0.1, 0.15) is 12.5 Å². The minimum atomic E-state index is -0.277. The third-order valence-corrected chi connectivity index (χ3v) is 2.84. The van der Waals surface area contributed by atoms with Crippen LogP contribution in [0.25, 0.3) is 0 Å². The molecule has 0 atom stereocenters. The molecule has 0 unspecified atom stereocenters. The fourth-order valence-corrected chi connectivity index (χ4v) is 1.51. The molecule has 0 spiro atoms. The Labute approximate surface area is 118 Å². The van der Waals surface area contributed by atoms with Gasteiger partial charge in [-0.2, -0.15) is 0 Å². The van der Waals surface area contributed by atoms with Gasteiger partial charge in [0.2, 0.25) is 0 Å². The normalized spacial score (nSPS) is 11.7. The molecule has 0 bridgehead atoms. The van der Waals surface area contributed by atoms with Gasteiger partial charge in [0.15, 0.2) is 0 Å². The van der Waals surface area contributed by atoms with Gasteiger partial charge in [0.25, 0.3) is 0 Å². The number of nitrogens with one attached hydrogen (secondary N) is 1. The van der Waals surface area contributed by atoms with Crippen LogP contribution in [-0.4, -0.2) is 26.9 Å². The minimum Gasteiger partial charge on any atom is -0.489 e. The van der Waals surface area contributed by atoms with E-state index in [1.165, 1.54) is 17.7 Å². The van der Waals surface area contributed by atoms with E-state index in [-0.39, 0.29) is 5.82 Å². The molecular weight excluding hydrogens is 269 g/mol. The highest BCUT2D eigenvalue weighted by Gasteiger charge is 2.05. The van der Waals surface area contributed by atoms with E-state index in [0.717, 1.165) is 11.1 Å². The zero-order valence-electron chi connectivity index (χ0n) is 11.2. The van der Waals surface area contributed by atoms with Crippen LogP contribution in [0, 0.1) is 5.82 Å². The van der Waals surface area contributed by atoms with Crippen molar-refractivity contribution in [2.45, 2.75) is 13.5 Å². The Bertz CT molecular complexity index is 424. The van der Waals surface area contributed by atoms with Crippen LogP contribution in [0.4, 0.5) is 4.39 Å². The van der Waals surface area contributed by atoms with Crippen molar-refractivity contribution in [3.63, 3.8) is 0 Å². The first-order chi connectivity index (χ1) is 9.17. The fourth-order valence-electron chi connectivity index (χ4n) is 1.45. The molecule has 1 N–H and O–H groups in total. The standard InChI is InChI=1S/C14H19ClFNO2/c1-11(8-15)10-19-14-4-3-13(16)7-12(14)9-17-5-6-18-2/h3-4,7-8,17H,5-6,9-10H2,1-2H3/b11-8+. The Morgan fingerprint density at radius 1 is 1.47 bits per heavy atom. The molecule has 3 nitrogen and oxygen atoms in total. The maximum Gasteiger partial charge on any atom is 0.124 e. The lowest BCUT2D eigenvalue weighted by Crippen LogP contribution is -2.19. The van der Waals surface area contributed by atoms with Gasteiger partial charge in [-0.05, 0) is 30.7 Å². The molecular formula is C14H19ClFNO2. The van der Waals surface area contributed by atoms with Gasteiger partial charge in [-0.25, -0.2) is 4.39 Å². The molecule has 0 saturated carbocycles. The highest BCUT2D eigenvalue weighted by atomic mass is 35.5. The number of benzene rings is 1. The molecule has 0 heterocycles. The highest BCUT2D eigenvalue weighted by Crippen LogP contribution is 2.20. The number of methoxy groups -OCH3 is 1. The van der Waals surface area contributed by atoms with Crippen molar-refractivity contribution >= 4 is 11.6 Å². The molecule has 1 aromatic carbocycles. The molecule has 0 aliphatic heterocycles. The summed E-state index contributed by atoms with van der Waals surface area (Å²) in [6.45, 7) is 4.10. The van der Waals surface area contributed by atoms with Crippen molar-refractivity contribution in [2.24, 2.45) is 0 Å². The lowest BCUT2D eigenvalue weighted by Gasteiger charge is -2.12. The van der Waals surface area contributed by atoms with Crippen LogP contribution in [0.2, 0.25) is 0 Å². The third-order valence-electron chi connectivity index (χ3n) is 2.46. The zero-order chi connectivity index (χ0) is 14.1. The number of hydrogen-bond donors (Lipinski definition) is 1. The molecule has 19 heavy (non-hydrogen) atoms. The second-order valence-electron chi connectivity index (χ2n) is 4.17. The fraction of sp³-hybridized carbons (Fsp3) is 0.429. The third kappa shape index (κ3) is 6.05. The lowest BCUT2D eigenvalue weighted by atomic mass is 10.2. The van der Waals surface area contributed by atoms with Crippen molar-refractivity contribution in [2.75, 3.05) is 26.9 Å². The second-order valence-corrected chi connectivity index (χ2v) is 4.38. The summed E-state index contributed by atoms with van der Waals surface area (Å²) in [5.74, 6) is 0.379. The molecule has 0 saturated heterocycles. The molecule has 1 rings (SSSR count). The largest absolute Gasteiger partial charge is 0.489 e. The van der Waals surface area contributed by atoms with Crippen molar-refractivity contribution in [1.29, 1.82) is 0 Å². The predicted molar refractivity (Wildman–Crippen MR) is 75.1 cm³/mol. The van der Waals surface area contributed by atoms with Crippen LogP contribution in [0.15, 0.2) is 29.3 Å². The topological polar surface area (TPSA) is 30.5 Å². The Kier molecular flexibility index (Phi) is 7.48. The first-order valence-corrected chi connectivity index (χ1v) is 6.47. The summed E-state index contributed by atoms with van der Waals surface area (Å²) in [6, 6.07) is 4.48. The average Bonchev–Trinajstić information content (AvgIpc) is 2.42. The van der Waals surface area contributed by atoms with Crippen LogP contribution in [0.3, 0.4) is 0 Å². The Morgan fingerprint density at radius 3 is 2.95 bits per heavy atom. The summed E-state index contributed by atoms with van der Waals surface area (Å²) in [5.41, 5.74) is 3.16. The second kappa shape index (κ2) is 8.91. The van der Waals surface area contributed by atoms with Gasteiger partial charge in [-0.1, -0.05) is 11.6 Å². The summed E-state index contributed by atoms with van der Waals surface area (Å²) < 4.78 is 23.8. The smallest absolute Gasteiger partial charge is 0.124 e. The zero-order valence-corrected chi connectivity index (χ0v) is 12.0. The lowest BCUT2D eigenvalue weighted by molar-refractivity contribution is 0.199. The van der Waals surface area contributed by atoms with Gasteiger partial charge >= 0.3 is 0 Å². The van der Waals surface area contributed by atoms with Gasteiger partial charge < -0.3 is 14.8 Å². The van der Waals surface area contributed by atoms with Gasteiger partial charge in [-0.15, -0.1) is 0 Å². The van der Waals surface area contributed by atoms with E-state index >= 15 is 0 Å². The van der Waals surface area contributed by atoms with Gasteiger partial charge in [0.1, 0.15) is 18.2 Å². The van der Waals surface area contributed by atoms with Crippen molar-refractivity contribution in [3.8, 4) is 5.75 Å². The molecule has 5 heteroatoms. The first kappa shape index (κ1) is 16.0. The van der Waals surface area contributed by atoms with Crippen LogP contribution in [0.5, 0.6) is 5.75 Å². The van der Waals surface area contributed by atoms with Crippen molar-refractivity contribution in [1.82, 2.24) is 5.32 Å². The summed E-state index contributed by atoms with van der Waals surface area (Å²) in [5, 5.41) is 3.16. The molecule has 106 valence electrons. The molecule has 0 radical (unpaired) electrons. The van der Waals surface area contributed by atoms with Gasteiger partial charge in [0.05, 0.1) is 6.61 Å². The minimum absolute atomic E-state index is 0.277. The van der Waals surface area contributed by atoms with Crippen LogP contribution >= 0.6 is 11.6 Å². The quantitative estimate of drug-likeness (QED) is 0.746. The Balaban J connectivity index is 2.63.